The van der Waals surface area contributed by atoms with Crippen molar-refractivity contribution in [2.24, 2.45) is 0 Å². The number of hydrogen-bond acceptors (Lipinski definition) is 4. The molecule has 4 heteroatoms. The van der Waals surface area contributed by atoms with E-state index in [0.717, 1.165) is 36.2 Å². The molecule has 0 saturated carbocycles. The second-order valence-electron chi connectivity index (χ2n) is 5.24. The third-order valence-electron chi connectivity index (χ3n) is 3.89. The van der Waals surface area contributed by atoms with Crippen molar-refractivity contribution in [1.29, 1.82) is 0 Å². The van der Waals surface area contributed by atoms with Crippen LogP contribution in [-0.4, -0.2) is 16.5 Å². The first kappa shape index (κ1) is 12.1. The van der Waals surface area contributed by atoms with Crippen LogP contribution >= 0.6 is 0 Å². The molecule has 0 amide bonds. The summed E-state index contributed by atoms with van der Waals surface area (Å²) >= 11 is 0. The summed E-state index contributed by atoms with van der Waals surface area (Å²) in [7, 11) is 0. The number of hydrogen-bond donors (Lipinski definition) is 2. The number of aromatic nitrogens is 2. The summed E-state index contributed by atoms with van der Waals surface area (Å²) < 4.78 is 0. The molecule has 0 saturated heterocycles. The second kappa shape index (κ2) is 5.05. The predicted molar refractivity (Wildman–Crippen MR) is 85.5 cm³/mol. The number of fused-ring (bicyclic) bond motifs is 2. The number of para-hydroxylation sites is 1. The van der Waals surface area contributed by atoms with Crippen LogP contribution in [0.25, 0.3) is 11.0 Å². The molecular formula is C17H16N4. The molecule has 0 atom stereocenters. The number of benzene rings is 2. The number of nitrogens with zero attached hydrogens (tertiary/aromatic N) is 2. The molecule has 21 heavy (non-hydrogen) atoms. The van der Waals surface area contributed by atoms with Gasteiger partial charge in [-0.3, -0.25) is 9.97 Å². The predicted octanol–water partition coefficient (Wildman–Crippen LogP) is 3.21. The lowest BCUT2D eigenvalue weighted by atomic mass is 10.1. The largest absolute Gasteiger partial charge is 0.384 e. The zero-order chi connectivity index (χ0) is 14.1. The molecular weight excluding hydrogens is 260 g/mol. The molecule has 0 radical (unpaired) electrons. The van der Waals surface area contributed by atoms with Crippen LogP contribution in [0.1, 0.15) is 11.1 Å². The van der Waals surface area contributed by atoms with E-state index in [0.29, 0.717) is 0 Å². The van der Waals surface area contributed by atoms with E-state index >= 15 is 0 Å². The Balaban J connectivity index is 1.57. The van der Waals surface area contributed by atoms with Crippen molar-refractivity contribution in [3.05, 3.63) is 59.9 Å². The zero-order valence-corrected chi connectivity index (χ0v) is 11.6. The highest BCUT2D eigenvalue weighted by atomic mass is 14.9. The van der Waals surface area contributed by atoms with Gasteiger partial charge in [-0.25, -0.2) is 0 Å². The summed E-state index contributed by atoms with van der Waals surface area (Å²) in [4.78, 5) is 8.63. The number of rotatable bonds is 3. The van der Waals surface area contributed by atoms with Crippen molar-refractivity contribution in [3.8, 4) is 0 Å². The van der Waals surface area contributed by atoms with Gasteiger partial charge in [0.15, 0.2) is 0 Å². The normalized spacial score (nSPS) is 13.0. The highest BCUT2D eigenvalue weighted by Gasteiger charge is 2.13. The lowest BCUT2D eigenvalue weighted by molar-refractivity contribution is 1.11. The molecule has 2 aromatic carbocycles. The molecule has 2 N–H and O–H groups in total. The molecule has 4 nitrogen and oxygen atoms in total. The van der Waals surface area contributed by atoms with Gasteiger partial charge in [0.05, 0.1) is 11.0 Å². The van der Waals surface area contributed by atoms with E-state index < -0.39 is 0 Å². The first-order valence-electron chi connectivity index (χ1n) is 7.19. The van der Waals surface area contributed by atoms with Gasteiger partial charge in [-0.1, -0.05) is 18.2 Å². The van der Waals surface area contributed by atoms with Crippen molar-refractivity contribution in [2.75, 3.05) is 17.2 Å². The van der Waals surface area contributed by atoms with E-state index in [2.05, 4.69) is 38.8 Å². The zero-order valence-electron chi connectivity index (χ0n) is 11.6. The molecule has 104 valence electrons. The molecule has 1 aliphatic rings. The molecule has 2 heterocycles. The lowest BCUT2D eigenvalue weighted by Gasteiger charge is -2.11. The van der Waals surface area contributed by atoms with Crippen LogP contribution in [0.3, 0.4) is 0 Å². The summed E-state index contributed by atoms with van der Waals surface area (Å²) in [6, 6.07) is 12.6. The first-order valence-corrected chi connectivity index (χ1v) is 7.19. The van der Waals surface area contributed by atoms with Gasteiger partial charge in [0.2, 0.25) is 0 Å². The monoisotopic (exact) mass is 276 g/mol. The van der Waals surface area contributed by atoms with Gasteiger partial charge in [0.25, 0.3) is 0 Å². The Kier molecular flexibility index (Phi) is 2.92. The van der Waals surface area contributed by atoms with Gasteiger partial charge in [0.1, 0.15) is 0 Å². The molecule has 1 aromatic heterocycles. The standard InChI is InChI=1S/C17H16N4/c1-2-12-6-7-20-17(12)13(3-1)11-21-14-4-5-15-16(10-14)19-9-8-18-15/h1-5,8-10,20-21H,6-7,11H2. The third kappa shape index (κ3) is 2.29. The van der Waals surface area contributed by atoms with Crippen molar-refractivity contribution in [3.63, 3.8) is 0 Å². The summed E-state index contributed by atoms with van der Waals surface area (Å²) in [6.45, 7) is 1.85. The average Bonchev–Trinajstić information content (AvgIpc) is 3.02. The molecule has 0 bridgehead atoms. The smallest absolute Gasteiger partial charge is 0.0907 e. The van der Waals surface area contributed by atoms with Crippen molar-refractivity contribution < 1.29 is 0 Å². The van der Waals surface area contributed by atoms with E-state index in [-0.39, 0.29) is 0 Å². The van der Waals surface area contributed by atoms with Gasteiger partial charge in [-0.05, 0) is 35.7 Å². The number of nitrogens with one attached hydrogen (secondary N) is 2. The van der Waals surface area contributed by atoms with Crippen LogP contribution in [0.2, 0.25) is 0 Å². The minimum Gasteiger partial charge on any atom is -0.384 e. The van der Waals surface area contributed by atoms with Crippen LogP contribution in [-0.2, 0) is 13.0 Å². The SMILES string of the molecule is c1cc2c(c(CNc3ccc4nccnc4c3)c1)NCC2. The van der Waals surface area contributed by atoms with Crippen LogP contribution in [0.5, 0.6) is 0 Å². The Morgan fingerprint density at radius 3 is 2.90 bits per heavy atom. The van der Waals surface area contributed by atoms with Crippen LogP contribution in [0.15, 0.2) is 48.8 Å². The Morgan fingerprint density at radius 1 is 1.05 bits per heavy atom. The van der Waals surface area contributed by atoms with Crippen LogP contribution in [0, 0.1) is 0 Å². The van der Waals surface area contributed by atoms with Crippen molar-refractivity contribution in [2.45, 2.75) is 13.0 Å². The summed E-state index contributed by atoms with van der Waals surface area (Å²) in [5, 5.41) is 6.95. The quantitative estimate of drug-likeness (QED) is 0.771. The second-order valence-corrected chi connectivity index (χ2v) is 5.24. The molecule has 0 fully saturated rings. The first-order chi connectivity index (χ1) is 10.4. The van der Waals surface area contributed by atoms with Gasteiger partial charge in [-0.15, -0.1) is 0 Å². The lowest BCUT2D eigenvalue weighted by Crippen LogP contribution is -2.03. The summed E-state index contributed by atoms with van der Waals surface area (Å²) in [5.41, 5.74) is 6.93. The van der Waals surface area contributed by atoms with Gasteiger partial charge in [0, 0.05) is 36.9 Å². The Hall–Kier alpha value is -2.62. The average molecular weight is 276 g/mol. The Morgan fingerprint density at radius 2 is 1.95 bits per heavy atom. The fourth-order valence-corrected chi connectivity index (χ4v) is 2.83. The van der Waals surface area contributed by atoms with Crippen LogP contribution in [0.4, 0.5) is 11.4 Å². The maximum atomic E-state index is 4.34. The van der Waals surface area contributed by atoms with Crippen molar-refractivity contribution >= 4 is 22.4 Å². The van der Waals surface area contributed by atoms with E-state index in [1.54, 1.807) is 12.4 Å². The van der Waals surface area contributed by atoms with Gasteiger partial charge in [-0.2, -0.15) is 0 Å². The minimum atomic E-state index is 0.807. The highest BCUT2D eigenvalue weighted by molar-refractivity contribution is 5.78. The topological polar surface area (TPSA) is 49.8 Å². The van der Waals surface area contributed by atoms with E-state index in [9.17, 15) is 0 Å². The molecule has 0 spiro atoms. The number of anilines is 2. The minimum absolute atomic E-state index is 0.807. The summed E-state index contributed by atoms with van der Waals surface area (Å²) in [5.74, 6) is 0. The van der Waals surface area contributed by atoms with E-state index in [1.807, 2.05) is 18.2 Å². The molecule has 4 rings (SSSR count). The van der Waals surface area contributed by atoms with Gasteiger partial charge < -0.3 is 10.6 Å². The fourth-order valence-electron chi connectivity index (χ4n) is 2.83. The van der Waals surface area contributed by atoms with E-state index in [1.165, 1.54) is 16.8 Å². The maximum absolute atomic E-state index is 4.34. The Labute approximate surface area is 123 Å². The Bertz CT molecular complexity index is 798. The fraction of sp³-hybridized carbons (Fsp3) is 0.176. The highest BCUT2D eigenvalue weighted by Crippen LogP contribution is 2.27. The van der Waals surface area contributed by atoms with Gasteiger partial charge >= 0.3 is 0 Å². The molecule has 3 aromatic rings. The molecule has 1 aliphatic heterocycles. The maximum Gasteiger partial charge on any atom is 0.0907 e. The summed E-state index contributed by atoms with van der Waals surface area (Å²) in [6.07, 6.45) is 4.56. The molecule has 0 aliphatic carbocycles. The van der Waals surface area contributed by atoms with Crippen LogP contribution < -0.4 is 10.6 Å². The van der Waals surface area contributed by atoms with E-state index in [4.69, 9.17) is 0 Å². The third-order valence-corrected chi connectivity index (χ3v) is 3.89. The molecule has 0 unspecified atom stereocenters. The van der Waals surface area contributed by atoms with Crippen molar-refractivity contribution in [1.82, 2.24) is 9.97 Å².